The summed E-state index contributed by atoms with van der Waals surface area (Å²) >= 11 is 0. The number of benzene rings is 1. The average molecular weight is 284 g/mol. The molecule has 0 radical (unpaired) electrons. The Morgan fingerprint density at radius 2 is 2.00 bits per heavy atom. The Bertz CT molecular complexity index is 611. The molecule has 1 aromatic heterocycles. The lowest BCUT2D eigenvalue weighted by molar-refractivity contribution is 0.294. The van der Waals surface area contributed by atoms with Crippen LogP contribution in [0.3, 0.4) is 0 Å². The number of fused-ring (bicyclic) bond motifs is 1. The van der Waals surface area contributed by atoms with Gasteiger partial charge in [0.05, 0.1) is 5.52 Å². The molecule has 1 aliphatic rings. The molecule has 0 unspecified atom stereocenters. The van der Waals surface area contributed by atoms with Gasteiger partial charge in [-0.05, 0) is 45.0 Å². The molecule has 1 aliphatic heterocycles. The zero-order valence-electron chi connectivity index (χ0n) is 13.0. The van der Waals surface area contributed by atoms with E-state index in [1.165, 1.54) is 36.9 Å². The summed E-state index contributed by atoms with van der Waals surface area (Å²) in [6, 6.07) is 6.42. The minimum absolute atomic E-state index is 1.04. The van der Waals surface area contributed by atoms with Gasteiger partial charge in [0, 0.05) is 25.0 Å². The van der Waals surface area contributed by atoms with Crippen molar-refractivity contribution in [3.8, 4) is 0 Å². The number of hydrogen-bond acceptors (Lipinski definition) is 4. The summed E-state index contributed by atoms with van der Waals surface area (Å²) in [7, 11) is 0. The third-order valence-corrected chi connectivity index (χ3v) is 4.20. The van der Waals surface area contributed by atoms with Crippen molar-refractivity contribution in [1.29, 1.82) is 0 Å². The molecular weight excluding hydrogens is 260 g/mol. The van der Waals surface area contributed by atoms with Gasteiger partial charge in [-0.2, -0.15) is 0 Å². The zero-order valence-corrected chi connectivity index (χ0v) is 13.0. The molecule has 1 fully saturated rings. The molecule has 0 bridgehead atoms. The second kappa shape index (κ2) is 6.39. The molecule has 1 saturated heterocycles. The Hall–Kier alpha value is -1.68. The number of anilines is 1. The monoisotopic (exact) mass is 284 g/mol. The first kappa shape index (κ1) is 14.3. The van der Waals surface area contributed by atoms with E-state index in [1.807, 2.05) is 0 Å². The predicted octanol–water partition coefficient (Wildman–Crippen LogP) is 2.86. The lowest BCUT2D eigenvalue weighted by Gasteiger charge is -2.23. The summed E-state index contributed by atoms with van der Waals surface area (Å²) in [5.41, 5.74) is 2.31. The Kier molecular flexibility index (Phi) is 4.34. The standard InChI is InChI=1S/C17H24N4/c1-3-7-20-8-4-9-21(11-10-20)17-15-12-14(2)5-6-16(15)18-13-19-17/h5-6,12-13H,3-4,7-11H2,1-2H3. The highest BCUT2D eigenvalue weighted by Gasteiger charge is 2.17. The zero-order chi connectivity index (χ0) is 14.7. The van der Waals surface area contributed by atoms with Gasteiger partial charge in [-0.1, -0.05) is 18.6 Å². The van der Waals surface area contributed by atoms with E-state index < -0.39 is 0 Å². The van der Waals surface area contributed by atoms with Crippen LogP contribution in [-0.4, -0.2) is 47.6 Å². The van der Waals surface area contributed by atoms with Gasteiger partial charge in [0.2, 0.25) is 0 Å². The Balaban J connectivity index is 1.88. The molecule has 0 N–H and O–H groups in total. The molecule has 21 heavy (non-hydrogen) atoms. The van der Waals surface area contributed by atoms with Gasteiger partial charge >= 0.3 is 0 Å². The predicted molar refractivity (Wildman–Crippen MR) is 87.8 cm³/mol. The summed E-state index contributed by atoms with van der Waals surface area (Å²) in [6.07, 6.45) is 4.13. The molecule has 4 heteroatoms. The number of rotatable bonds is 3. The number of nitrogens with zero attached hydrogens (tertiary/aromatic N) is 4. The van der Waals surface area contributed by atoms with E-state index in [4.69, 9.17) is 0 Å². The topological polar surface area (TPSA) is 32.3 Å². The number of aryl methyl sites for hydroxylation is 1. The van der Waals surface area contributed by atoms with Gasteiger partial charge in [0.15, 0.2) is 0 Å². The van der Waals surface area contributed by atoms with E-state index in [1.54, 1.807) is 6.33 Å². The van der Waals surface area contributed by atoms with Crippen molar-refractivity contribution in [1.82, 2.24) is 14.9 Å². The second-order valence-corrected chi connectivity index (χ2v) is 5.90. The molecule has 0 amide bonds. The maximum Gasteiger partial charge on any atom is 0.139 e. The largest absolute Gasteiger partial charge is 0.355 e. The Morgan fingerprint density at radius 1 is 1.10 bits per heavy atom. The first-order valence-corrected chi connectivity index (χ1v) is 7.96. The third kappa shape index (κ3) is 3.16. The van der Waals surface area contributed by atoms with Gasteiger partial charge < -0.3 is 9.80 Å². The lowest BCUT2D eigenvalue weighted by Crippen LogP contribution is -2.31. The van der Waals surface area contributed by atoms with Crippen LogP contribution in [0, 0.1) is 6.92 Å². The van der Waals surface area contributed by atoms with Crippen molar-refractivity contribution in [2.75, 3.05) is 37.6 Å². The summed E-state index contributed by atoms with van der Waals surface area (Å²) in [6.45, 7) is 10.1. The summed E-state index contributed by atoms with van der Waals surface area (Å²) in [4.78, 5) is 14.0. The quantitative estimate of drug-likeness (QED) is 0.867. The van der Waals surface area contributed by atoms with Crippen LogP contribution < -0.4 is 4.90 Å². The SMILES string of the molecule is CCCN1CCCN(c2ncnc3ccc(C)cc23)CC1. The van der Waals surface area contributed by atoms with Crippen LogP contribution in [0.4, 0.5) is 5.82 Å². The first-order chi connectivity index (χ1) is 10.3. The highest BCUT2D eigenvalue weighted by molar-refractivity contribution is 5.89. The molecule has 1 aromatic carbocycles. The fourth-order valence-corrected chi connectivity index (χ4v) is 3.13. The minimum atomic E-state index is 1.04. The maximum atomic E-state index is 4.58. The van der Waals surface area contributed by atoms with Crippen LogP contribution in [0.15, 0.2) is 24.5 Å². The van der Waals surface area contributed by atoms with Gasteiger partial charge in [0.1, 0.15) is 12.1 Å². The van der Waals surface area contributed by atoms with Crippen LogP contribution in [0.1, 0.15) is 25.3 Å². The van der Waals surface area contributed by atoms with Crippen LogP contribution >= 0.6 is 0 Å². The second-order valence-electron chi connectivity index (χ2n) is 5.90. The van der Waals surface area contributed by atoms with Gasteiger partial charge in [-0.15, -0.1) is 0 Å². The summed E-state index contributed by atoms with van der Waals surface area (Å²) < 4.78 is 0. The van der Waals surface area contributed by atoms with Crippen LogP contribution in [0.2, 0.25) is 0 Å². The van der Waals surface area contributed by atoms with Gasteiger partial charge in [-0.3, -0.25) is 0 Å². The van der Waals surface area contributed by atoms with Gasteiger partial charge in [0.25, 0.3) is 0 Å². The van der Waals surface area contributed by atoms with E-state index in [9.17, 15) is 0 Å². The van der Waals surface area contributed by atoms with Crippen molar-refractivity contribution in [3.63, 3.8) is 0 Å². The number of hydrogen-bond donors (Lipinski definition) is 0. The molecule has 0 atom stereocenters. The van der Waals surface area contributed by atoms with Gasteiger partial charge in [-0.25, -0.2) is 9.97 Å². The molecule has 0 spiro atoms. The van der Waals surface area contributed by atoms with E-state index in [-0.39, 0.29) is 0 Å². The minimum Gasteiger partial charge on any atom is -0.355 e. The normalized spacial score (nSPS) is 17.1. The van der Waals surface area contributed by atoms with E-state index in [0.717, 1.165) is 31.0 Å². The highest BCUT2D eigenvalue weighted by Crippen LogP contribution is 2.24. The molecule has 4 nitrogen and oxygen atoms in total. The first-order valence-electron chi connectivity index (χ1n) is 7.96. The highest BCUT2D eigenvalue weighted by atomic mass is 15.2. The number of aromatic nitrogens is 2. The Labute approximate surface area is 126 Å². The smallest absolute Gasteiger partial charge is 0.139 e. The van der Waals surface area contributed by atoms with Crippen LogP contribution in [0.5, 0.6) is 0 Å². The molecule has 0 saturated carbocycles. The molecule has 0 aliphatic carbocycles. The molecule has 112 valence electrons. The fourth-order valence-electron chi connectivity index (χ4n) is 3.13. The van der Waals surface area contributed by atoms with E-state index in [2.05, 4.69) is 51.8 Å². The molecule has 2 heterocycles. The van der Waals surface area contributed by atoms with E-state index in [0.29, 0.717) is 0 Å². The maximum absolute atomic E-state index is 4.58. The fraction of sp³-hybridized carbons (Fsp3) is 0.529. The summed E-state index contributed by atoms with van der Waals surface area (Å²) in [5.74, 6) is 1.10. The average Bonchev–Trinajstić information content (AvgIpc) is 2.73. The lowest BCUT2D eigenvalue weighted by atomic mass is 10.1. The summed E-state index contributed by atoms with van der Waals surface area (Å²) in [5, 5.41) is 1.18. The molecular formula is C17H24N4. The van der Waals surface area contributed by atoms with Crippen LogP contribution in [0.25, 0.3) is 10.9 Å². The van der Waals surface area contributed by atoms with Crippen LogP contribution in [-0.2, 0) is 0 Å². The third-order valence-electron chi connectivity index (χ3n) is 4.20. The van der Waals surface area contributed by atoms with E-state index >= 15 is 0 Å². The molecule has 3 rings (SSSR count). The molecule has 2 aromatic rings. The van der Waals surface area contributed by atoms with Crippen molar-refractivity contribution in [2.45, 2.75) is 26.7 Å². The Morgan fingerprint density at radius 3 is 2.86 bits per heavy atom. The van der Waals surface area contributed by atoms with Crippen molar-refractivity contribution in [2.24, 2.45) is 0 Å². The van der Waals surface area contributed by atoms with Crippen molar-refractivity contribution in [3.05, 3.63) is 30.1 Å². The van der Waals surface area contributed by atoms with Crippen molar-refractivity contribution < 1.29 is 0 Å². The van der Waals surface area contributed by atoms with Crippen molar-refractivity contribution >= 4 is 16.7 Å².